The number of nitrogens with one attached hydrogen (secondary N) is 1. The number of Topliss-reactive ketones (excluding diaryl/α,β-unsaturated/α-hetero) is 1. The van der Waals surface area contributed by atoms with Gasteiger partial charge < -0.3 is 10.1 Å². The van der Waals surface area contributed by atoms with Gasteiger partial charge in [0.1, 0.15) is 5.82 Å². The average Bonchev–Trinajstić information content (AvgIpc) is 2.61. The highest BCUT2D eigenvalue weighted by Crippen LogP contribution is 2.26. The number of benzene rings is 2. The zero-order chi connectivity index (χ0) is 19.3. The fourth-order valence-corrected chi connectivity index (χ4v) is 2.72. The second-order valence-corrected chi connectivity index (χ2v) is 6.41. The van der Waals surface area contributed by atoms with Gasteiger partial charge in [0.15, 0.2) is 12.4 Å². The van der Waals surface area contributed by atoms with E-state index in [4.69, 9.17) is 4.74 Å². The molecule has 136 valence electrons. The maximum Gasteiger partial charge on any atom is 0.338 e. The van der Waals surface area contributed by atoms with Gasteiger partial charge in [0.25, 0.3) is 0 Å². The van der Waals surface area contributed by atoms with Gasteiger partial charge in [-0.05, 0) is 43.0 Å². The molecule has 0 aromatic heterocycles. The monoisotopic (exact) mass is 375 g/mol. The summed E-state index contributed by atoms with van der Waals surface area (Å²) in [6.45, 7) is 2.48. The maximum atomic E-state index is 13.5. The minimum atomic E-state index is -0.778. The van der Waals surface area contributed by atoms with Gasteiger partial charge >= 0.3 is 5.97 Å². The number of thioether (sulfide) groups is 1. The molecule has 0 saturated heterocycles. The van der Waals surface area contributed by atoms with Crippen LogP contribution < -0.4 is 5.32 Å². The van der Waals surface area contributed by atoms with Crippen molar-refractivity contribution in [2.24, 2.45) is 0 Å². The molecule has 1 amide bonds. The first kappa shape index (κ1) is 19.7. The molecule has 1 N–H and O–H groups in total. The Morgan fingerprint density at radius 2 is 1.81 bits per heavy atom. The number of ether oxygens (including phenoxy) is 1. The van der Waals surface area contributed by atoms with Gasteiger partial charge in [-0.2, -0.15) is 0 Å². The normalized spacial score (nSPS) is 10.3. The topological polar surface area (TPSA) is 72.5 Å². The summed E-state index contributed by atoms with van der Waals surface area (Å²) in [6, 6.07) is 8.82. The number of hydrogen-bond donors (Lipinski definition) is 1. The van der Waals surface area contributed by atoms with E-state index in [1.165, 1.54) is 36.9 Å². The summed E-state index contributed by atoms with van der Waals surface area (Å²) in [5.74, 6) is -1.97. The minimum absolute atomic E-state index is 0.0394. The summed E-state index contributed by atoms with van der Waals surface area (Å²) in [6.07, 6.45) is 1.85. The molecule has 2 aromatic rings. The van der Waals surface area contributed by atoms with E-state index in [1.807, 2.05) is 6.26 Å². The molecule has 0 aliphatic carbocycles. The Hall–Kier alpha value is -2.67. The highest BCUT2D eigenvalue weighted by atomic mass is 32.2. The molecule has 0 spiro atoms. The number of hydrogen-bond acceptors (Lipinski definition) is 5. The molecule has 0 unspecified atom stereocenters. The second kappa shape index (κ2) is 8.62. The molecular formula is C19H18FNO4S. The van der Waals surface area contributed by atoms with E-state index in [-0.39, 0.29) is 11.5 Å². The molecule has 2 aromatic carbocycles. The first-order valence-electron chi connectivity index (χ1n) is 7.74. The van der Waals surface area contributed by atoms with Crippen molar-refractivity contribution in [3.05, 3.63) is 58.9 Å². The Bertz CT molecular complexity index is 867. The van der Waals surface area contributed by atoms with Crippen molar-refractivity contribution in [1.29, 1.82) is 0 Å². The van der Waals surface area contributed by atoms with Crippen LogP contribution in [0.2, 0.25) is 0 Å². The van der Waals surface area contributed by atoms with Gasteiger partial charge in [-0.25, -0.2) is 9.18 Å². The lowest BCUT2D eigenvalue weighted by Crippen LogP contribution is -2.15. The van der Waals surface area contributed by atoms with Crippen LogP contribution in [-0.2, 0) is 9.53 Å². The Balaban J connectivity index is 2.08. The van der Waals surface area contributed by atoms with E-state index in [0.717, 1.165) is 11.0 Å². The molecule has 5 nitrogen and oxygen atoms in total. The number of esters is 1. The third-order valence-electron chi connectivity index (χ3n) is 3.57. The van der Waals surface area contributed by atoms with Crippen molar-refractivity contribution >= 4 is 35.1 Å². The zero-order valence-corrected chi connectivity index (χ0v) is 15.4. The Labute approximate surface area is 154 Å². The zero-order valence-electron chi connectivity index (χ0n) is 14.6. The summed E-state index contributed by atoms with van der Waals surface area (Å²) in [4.78, 5) is 36.3. The smallest absolute Gasteiger partial charge is 0.338 e. The van der Waals surface area contributed by atoms with Crippen molar-refractivity contribution < 1.29 is 23.5 Å². The molecule has 0 radical (unpaired) electrons. The van der Waals surface area contributed by atoms with Gasteiger partial charge in [0.05, 0.1) is 11.3 Å². The molecule has 0 saturated carbocycles. The molecule has 0 bridgehead atoms. The van der Waals surface area contributed by atoms with Crippen molar-refractivity contribution in [3.8, 4) is 0 Å². The molecule has 7 heteroatoms. The highest BCUT2D eigenvalue weighted by molar-refractivity contribution is 7.98. The number of ketones is 1. The lowest BCUT2D eigenvalue weighted by molar-refractivity contribution is -0.114. The SMILES string of the molecule is CSc1ccc(C(=O)COC(=O)c2ccc(C)c(F)c2)cc1NC(C)=O. The Morgan fingerprint density at radius 3 is 2.42 bits per heavy atom. The van der Waals surface area contributed by atoms with Gasteiger partial charge in [-0.15, -0.1) is 11.8 Å². The maximum absolute atomic E-state index is 13.5. The highest BCUT2D eigenvalue weighted by Gasteiger charge is 2.15. The van der Waals surface area contributed by atoms with Crippen LogP contribution in [0.1, 0.15) is 33.2 Å². The summed E-state index contributed by atoms with van der Waals surface area (Å²) < 4.78 is 18.5. The quantitative estimate of drug-likeness (QED) is 0.472. The van der Waals surface area contributed by atoms with Gasteiger partial charge in [0.2, 0.25) is 5.91 Å². The van der Waals surface area contributed by atoms with Crippen LogP contribution >= 0.6 is 11.8 Å². The number of halogens is 1. The molecule has 26 heavy (non-hydrogen) atoms. The second-order valence-electron chi connectivity index (χ2n) is 5.56. The predicted molar refractivity (Wildman–Crippen MR) is 98.3 cm³/mol. The van der Waals surface area contributed by atoms with E-state index < -0.39 is 24.2 Å². The first-order valence-corrected chi connectivity index (χ1v) is 8.96. The molecule has 2 rings (SSSR count). The predicted octanol–water partition coefficient (Wildman–Crippen LogP) is 3.85. The van der Waals surface area contributed by atoms with Crippen LogP contribution in [0.3, 0.4) is 0 Å². The number of carbonyl (C=O) groups excluding carboxylic acids is 3. The summed E-state index contributed by atoms with van der Waals surface area (Å²) in [5.41, 5.74) is 1.27. The van der Waals surface area contributed by atoms with Gasteiger partial charge in [-0.1, -0.05) is 12.1 Å². The fraction of sp³-hybridized carbons (Fsp3) is 0.211. The molecule has 0 atom stereocenters. The van der Waals surface area contributed by atoms with Crippen molar-refractivity contribution in [3.63, 3.8) is 0 Å². The number of anilines is 1. The summed E-state index contributed by atoms with van der Waals surface area (Å²) in [7, 11) is 0. The van der Waals surface area contributed by atoms with Crippen LogP contribution in [0.5, 0.6) is 0 Å². The molecule has 0 heterocycles. The lowest BCUT2D eigenvalue weighted by atomic mass is 10.1. The van der Waals surface area contributed by atoms with Crippen molar-refractivity contribution in [1.82, 2.24) is 0 Å². The average molecular weight is 375 g/mol. The summed E-state index contributed by atoms with van der Waals surface area (Å²) in [5, 5.41) is 2.66. The first-order chi connectivity index (χ1) is 12.3. The van der Waals surface area contributed by atoms with Crippen LogP contribution in [-0.4, -0.2) is 30.5 Å². The Kier molecular flexibility index (Phi) is 6.52. The number of carbonyl (C=O) groups is 3. The van der Waals surface area contributed by atoms with E-state index in [9.17, 15) is 18.8 Å². The number of rotatable bonds is 6. The molecule has 0 aliphatic heterocycles. The largest absolute Gasteiger partial charge is 0.454 e. The molecule has 0 aliphatic rings. The van der Waals surface area contributed by atoms with E-state index >= 15 is 0 Å². The summed E-state index contributed by atoms with van der Waals surface area (Å²) >= 11 is 1.43. The fourth-order valence-electron chi connectivity index (χ4n) is 2.19. The van der Waals surface area contributed by atoms with Gasteiger partial charge in [0, 0.05) is 17.4 Å². The van der Waals surface area contributed by atoms with E-state index in [1.54, 1.807) is 19.1 Å². The number of amides is 1. The molecular weight excluding hydrogens is 357 g/mol. The molecule has 0 fully saturated rings. The standard InChI is InChI=1S/C19H18FNO4S/c1-11-4-5-14(8-15(11)20)19(24)25-10-17(23)13-6-7-18(26-3)16(9-13)21-12(2)22/h4-9H,10H2,1-3H3,(H,21,22). The third kappa shape index (κ3) is 4.92. The minimum Gasteiger partial charge on any atom is -0.454 e. The Morgan fingerprint density at radius 1 is 1.12 bits per heavy atom. The van der Waals surface area contributed by atoms with Gasteiger partial charge in [-0.3, -0.25) is 9.59 Å². The van der Waals surface area contributed by atoms with Crippen LogP contribution in [0.4, 0.5) is 10.1 Å². The van der Waals surface area contributed by atoms with Crippen LogP contribution in [0.15, 0.2) is 41.3 Å². The van der Waals surface area contributed by atoms with Crippen LogP contribution in [0.25, 0.3) is 0 Å². The van der Waals surface area contributed by atoms with Crippen LogP contribution in [0, 0.1) is 12.7 Å². The lowest BCUT2D eigenvalue weighted by Gasteiger charge is -2.10. The van der Waals surface area contributed by atoms with Crippen molar-refractivity contribution in [2.45, 2.75) is 18.7 Å². The van der Waals surface area contributed by atoms with Crippen molar-refractivity contribution in [2.75, 3.05) is 18.2 Å². The number of aryl methyl sites for hydroxylation is 1. The van der Waals surface area contributed by atoms with E-state index in [2.05, 4.69) is 5.32 Å². The van der Waals surface area contributed by atoms with E-state index in [0.29, 0.717) is 16.8 Å². The third-order valence-corrected chi connectivity index (χ3v) is 4.37.